The molecule has 0 spiro atoms. The number of rotatable bonds is 2. The van der Waals surface area contributed by atoms with Crippen LogP contribution in [-0.2, 0) is 0 Å². The van der Waals surface area contributed by atoms with E-state index in [2.05, 4.69) is 10.2 Å². The molecule has 3 fully saturated rings. The number of carbonyl (C=O) groups is 2. The van der Waals surface area contributed by atoms with Crippen LogP contribution in [0.1, 0.15) is 39.0 Å². The van der Waals surface area contributed by atoms with Crippen LogP contribution in [-0.4, -0.2) is 71.6 Å². The van der Waals surface area contributed by atoms with Gasteiger partial charge in [-0.1, -0.05) is 19.3 Å². The lowest BCUT2D eigenvalue weighted by atomic mass is 9.94. The lowest BCUT2D eigenvalue weighted by Gasteiger charge is -2.36. The summed E-state index contributed by atoms with van der Waals surface area (Å²) in [5, 5.41) is 2.85. The van der Waals surface area contributed by atoms with Gasteiger partial charge in [0.1, 0.15) is 0 Å². The highest BCUT2D eigenvalue weighted by Gasteiger charge is 2.43. The molecular weight excluding hydrogens is 268 g/mol. The van der Waals surface area contributed by atoms with Gasteiger partial charge in [0.15, 0.2) is 0 Å². The van der Waals surface area contributed by atoms with Crippen molar-refractivity contribution >= 4 is 12.1 Å². The van der Waals surface area contributed by atoms with Crippen molar-refractivity contribution in [2.45, 2.75) is 51.1 Å². The van der Waals surface area contributed by atoms with E-state index in [0.29, 0.717) is 32.2 Å². The predicted molar refractivity (Wildman–Crippen MR) is 80.1 cm³/mol. The van der Waals surface area contributed by atoms with Crippen molar-refractivity contribution < 1.29 is 9.59 Å². The van der Waals surface area contributed by atoms with Gasteiger partial charge in [0, 0.05) is 38.8 Å². The van der Waals surface area contributed by atoms with E-state index < -0.39 is 0 Å². The molecule has 0 bridgehead atoms. The Kier molecular flexibility index (Phi) is 4.22. The molecule has 3 aliphatic rings. The van der Waals surface area contributed by atoms with E-state index in [1.807, 2.05) is 16.7 Å². The summed E-state index contributed by atoms with van der Waals surface area (Å²) in [5.74, 6) is 0. The quantitative estimate of drug-likeness (QED) is 0.838. The second-order valence-electron chi connectivity index (χ2n) is 6.36. The van der Waals surface area contributed by atoms with Gasteiger partial charge < -0.3 is 20.0 Å². The zero-order valence-corrected chi connectivity index (χ0v) is 12.9. The van der Waals surface area contributed by atoms with Crippen molar-refractivity contribution in [1.82, 2.24) is 20.0 Å². The molecule has 1 saturated carbocycles. The summed E-state index contributed by atoms with van der Waals surface area (Å²) in [4.78, 5) is 30.4. The Hall–Kier alpha value is -1.46. The SMILES string of the molecule is CCNC(=O)N1CCN2C(=O)N(C3CCCCC3)C[C@H]2C1. The van der Waals surface area contributed by atoms with E-state index in [1.54, 1.807) is 0 Å². The Morgan fingerprint density at radius 1 is 1.10 bits per heavy atom. The summed E-state index contributed by atoms with van der Waals surface area (Å²) in [6.45, 7) is 5.35. The lowest BCUT2D eigenvalue weighted by Crippen LogP contribution is -2.55. The lowest BCUT2D eigenvalue weighted by molar-refractivity contribution is 0.128. The third-order valence-corrected chi connectivity index (χ3v) is 5.01. The van der Waals surface area contributed by atoms with Crippen molar-refractivity contribution in [2.75, 3.05) is 32.7 Å². The maximum absolute atomic E-state index is 12.6. The molecule has 0 aromatic rings. The first kappa shape index (κ1) is 14.5. The second-order valence-corrected chi connectivity index (χ2v) is 6.36. The average Bonchev–Trinajstić information content (AvgIpc) is 2.85. The smallest absolute Gasteiger partial charge is 0.320 e. The minimum absolute atomic E-state index is 0.000662. The first-order chi connectivity index (χ1) is 10.2. The van der Waals surface area contributed by atoms with Crippen LogP contribution < -0.4 is 5.32 Å². The van der Waals surface area contributed by atoms with Crippen molar-refractivity contribution in [3.63, 3.8) is 0 Å². The molecule has 2 heterocycles. The van der Waals surface area contributed by atoms with Crippen LogP contribution in [0.5, 0.6) is 0 Å². The normalized spacial score (nSPS) is 27.0. The number of nitrogens with one attached hydrogen (secondary N) is 1. The first-order valence-electron chi connectivity index (χ1n) is 8.30. The van der Waals surface area contributed by atoms with Crippen LogP contribution in [0.25, 0.3) is 0 Å². The summed E-state index contributed by atoms with van der Waals surface area (Å²) in [6, 6.07) is 0.800. The molecule has 4 amide bonds. The van der Waals surface area contributed by atoms with Gasteiger partial charge in [0.05, 0.1) is 6.04 Å². The molecule has 6 nitrogen and oxygen atoms in total. The predicted octanol–water partition coefficient (Wildman–Crippen LogP) is 1.47. The Balaban J connectivity index is 1.62. The van der Waals surface area contributed by atoms with E-state index in [9.17, 15) is 9.59 Å². The summed E-state index contributed by atoms with van der Waals surface area (Å²) < 4.78 is 0. The highest BCUT2D eigenvalue weighted by Crippen LogP contribution is 2.29. The molecular formula is C15H26N4O2. The molecule has 6 heteroatoms. The van der Waals surface area contributed by atoms with Gasteiger partial charge >= 0.3 is 12.1 Å². The van der Waals surface area contributed by atoms with Gasteiger partial charge in [-0.25, -0.2) is 9.59 Å². The van der Waals surface area contributed by atoms with Crippen molar-refractivity contribution in [1.29, 1.82) is 0 Å². The van der Waals surface area contributed by atoms with E-state index in [1.165, 1.54) is 19.3 Å². The molecule has 1 N–H and O–H groups in total. The standard InChI is InChI=1S/C15H26N4O2/c1-2-16-14(20)17-8-9-18-13(10-17)11-19(15(18)21)12-6-4-3-5-7-12/h12-13H,2-11H2,1H3,(H,16,20)/t13-/m1/s1. The summed E-state index contributed by atoms with van der Waals surface area (Å²) >= 11 is 0. The summed E-state index contributed by atoms with van der Waals surface area (Å²) in [5.41, 5.74) is 0. The number of carbonyl (C=O) groups excluding carboxylic acids is 2. The van der Waals surface area contributed by atoms with Crippen molar-refractivity contribution in [3.8, 4) is 0 Å². The van der Waals surface area contributed by atoms with Crippen LogP contribution >= 0.6 is 0 Å². The van der Waals surface area contributed by atoms with E-state index in [-0.39, 0.29) is 18.1 Å². The topological polar surface area (TPSA) is 55.9 Å². The number of hydrogen-bond acceptors (Lipinski definition) is 2. The van der Waals surface area contributed by atoms with Crippen LogP contribution in [0, 0.1) is 0 Å². The average molecular weight is 294 g/mol. The van der Waals surface area contributed by atoms with Crippen LogP contribution in [0.4, 0.5) is 9.59 Å². The van der Waals surface area contributed by atoms with Gasteiger partial charge in [-0.2, -0.15) is 0 Å². The zero-order chi connectivity index (χ0) is 14.8. The minimum atomic E-state index is 0.000662. The highest BCUT2D eigenvalue weighted by molar-refractivity contribution is 5.79. The van der Waals surface area contributed by atoms with Gasteiger partial charge in [-0.15, -0.1) is 0 Å². The largest absolute Gasteiger partial charge is 0.338 e. The number of hydrogen-bond donors (Lipinski definition) is 1. The van der Waals surface area contributed by atoms with Crippen LogP contribution in [0.2, 0.25) is 0 Å². The molecule has 3 rings (SSSR count). The summed E-state index contributed by atoms with van der Waals surface area (Å²) in [6.07, 6.45) is 6.07. The number of nitrogens with zero attached hydrogens (tertiary/aromatic N) is 3. The second kappa shape index (κ2) is 6.12. The summed E-state index contributed by atoms with van der Waals surface area (Å²) in [7, 11) is 0. The Morgan fingerprint density at radius 3 is 2.57 bits per heavy atom. The van der Waals surface area contributed by atoms with E-state index in [0.717, 1.165) is 19.4 Å². The molecule has 1 atom stereocenters. The third kappa shape index (κ3) is 2.80. The molecule has 2 aliphatic heterocycles. The zero-order valence-electron chi connectivity index (χ0n) is 12.9. The number of urea groups is 2. The van der Waals surface area contributed by atoms with Gasteiger partial charge in [0.25, 0.3) is 0 Å². The number of amides is 4. The molecule has 21 heavy (non-hydrogen) atoms. The maximum atomic E-state index is 12.6. The molecule has 0 radical (unpaired) electrons. The third-order valence-electron chi connectivity index (χ3n) is 5.01. The molecule has 0 aromatic heterocycles. The van der Waals surface area contributed by atoms with E-state index >= 15 is 0 Å². The fourth-order valence-corrected chi connectivity index (χ4v) is 3.88. The molecule has 0 unspecified atom stereocenters. The van der Waals surface area contributed by atoms with E-state index in [4.69, 9.17) is 0 Å². The van der Waals surface area contributed by atoms with Gasteiger partial charge in [-0.05, 0) is 19.8 Å². The van der Waals surface area contributed by atoms with Gasteiger partial charge in [0.2, 0.25) is 0 Å². The molecule has 118 valence electrons. The number of fused-ring (bicyclic) bond motifs is 1. The number of piperazine rings is 1. The minimum Gasteiger partial charge on any atom is -0.338 e. The molecule has 2 saturated heterocycles. The highest BCUT2D eigenvalue weighted by atomic mass is 16.2. The van der Waals surface area contributed by atoms with Gasteiger partial charge in [-0.3, -0.25) is 0 Å². The Labute approximate surface area is 126 Å². The van der Waals surface area contributed by atoms with Crippen LogP contribution in [0.15, 0.2) is 0 Å². The fourth-order valence-electron chi connectivity index (χ4n) is 3.88. The van der Waals surface area contributed by atoms with Crippen molar-refractivity contribution in [2.24, 2.45) is 0 Å². The monoisotopic (exact) mass is 294 g/mol. The Bertz CT molecular complexity index is 408. The molecule has 1 aliphatic carbocycles. The fraction of sp³-hybridized carbons (Fsp3) is 0.867. The molecule has 0 aromatic carbocycles. The maximum Gasteiger partial charge on any atom is 0.320 e. The van der Waals surface area contributed by atoms with Crippen molar-refractivity contribution in [3.05, 3.63) is 0 Å². The first-order valence-corrected chi connectivity index (χ1v) is 8.30. The Morgan fingerprint density at radius 2 is 1.86 bits per heavy atom. The van der Waals surface area contributed by atoms with Crippen LogP contribution in [0.3, 0.4) is 0 Å².